The van der Waals surface area contributed by atoms with E-state index in [1.807, 2.05) is 18.4 Å². The van der Waals surface area contributed by atoms with Gasteiger partial charge in [0.25, 0.3) is 0 Å². The van der Waals surface area contributed by atoms with Crippen LogP contribution in [0.4, 0.5) is 5.69 Å². The highest BCUT2D eigenvalue weighted by Crippen LogP contribution is 2.16. The van der Waals surface area contributed by atoms with Crippen molar-refractivity contribution in [1.82, 2.24) is 0 Å². The highest BCUT2D eigenvalue weighted by molar-refractivity contribution is 5.68. The van der Waals surface area contributed by atoms with Crippen molar-refractivity contribution in [2.24, 2.45) is 0 Å². The molecule has 0 unspecified atom stereocenters. The molecule has 0 atom stereocenters. The maximum atomic E-state index is 6.80. The molecule has 84 valence electrons. The zero-order chi connectivity index (χ0) is 11.8. The van der Waals surface area contributed by atoms with E-state index < -0.39 is 0 Å². The molecule has 0 aliphatic carbocycles. The molecule has 0 aliphatic heterocycles. The molecular formula is C14H18N2. The topological polar surface area (TPSA) is 35.9 Å². The van der Waals surface area contributed by atoms with Crippen molar-refractivity contribution in [2.75, 3.05) is 5.32 Å². The van der Waals surface area contributed by atoms with Crippen molar-refractivity contribution < 1.29 is 0 Å². The van der Waals surface area contributed by atoms with Gasteiger partial charge in [-0.15, -0.1) is 0 Å². The first-order valence-corrected chi connectivity index (χ1v) is 5.43. The van der Waals surface area contributed by atoms with Crippen LogP contribution in [0.5, 0.6) is 0 Å². The molecule has 16 heavy (non-hydrogen) atoms. The summed E-state index contributed by atoms with van der Waals surface area (Å²) in [4.78, 5) is 0. The second kappa shape index (κ2) is 6.62. The molecule has 2 N–H and O–H groups in total. The minimum absolute atomic E-state index is 0.570. The van der Waals surface area contributed by atoms with E-state index in [1.54, 1.807) is 6.08 Å². The number of nitrogens with one attached hydrogen (secondary N) is 2. The highest BCUT2D eigenvalue weighted by Gasteiger charge is 1.97. The molecule has 1 aromatic rings. The Balaban J connectivity index is 2.52. The number of anilines is 1. The Bertz CT molecular complexity index is 372. The third-order valence-corrected chi connectivity index (χ3v) is 2.24. The minimum Gasteiger partial charge on any atom is -0.362 e. The van der Waals surface area contributed by atoms with Gasteiger partial charge >= 0.3 is 0 Å². The maximum Gasteiger partial charge on any atom is 0.0379 e. The van der Waals surface area contributed by atoms with Gasteiger partial charge in [0.1, 0.15) is 0 Å². The predicted molar refractivity (Wildman–Crippen MR) is 71.2 cm³/mol. The van der Waals surface area contributed by atoms with Crippen LogP contribution in [0, 0.1) is 5.41 Å². The van der Waals surface area contributed by atoms with Crippen molar-refractivity contribution in [3.63, 3.8) is 0 Å². The third kappa shape index (κ3) is 4.13. The SMILES string of the molecule is CC(C)c1ccc(N/C=C/C=C\C=N)cc1. The van der Waals surface area contributed by atoms with Gasteiger partial charge in [0.2, 0.25) is 0 Å². The largest absolute Gasteiger partial charge is 0.362 e. The van der Waals surface area contributed by atoms with Crippen LogP contribution < -0.4 is 5.32 Å². The lowest BCUT2D eigenvalue weighted by Crippen LogP contribution is -1.89. The summed E-state index contributed by atoms with van der Waals surface area (Å²) in [7, 11) is 0. The Labute approximate surface area is 97.2 Å². The van der Waals surface area contributed by atoms with Crippen LogP contribution in [-0.2, 0) is 0 Å². The Hall–Kier alpha value is -1.83. The molecule has 2 heteroatoms. The third-order valence-electron chi connectivity index (χ3n) is 2.24. The molecule has 1 aromatic carbocycles. The van der Waals surface area contributed by atoms with Gasteiger partial charge in [0, 0.05) is 18.1 Å². The molecule has 0 saturated carbocycles. The number of allylic oxidation sites excluding steroid dienone is 3. The van der Waals surface area contributed by atoms with Crippen molar-refractivity contribution in [3.05, 3.63) is 54.3 Å². The molecule has 0 heterocycles. The number of hydrogen-bond acceptors (Lipinski definition) is 2. The van der Waals surface area contributed by atoms with Crippen molar-refractivity contribution in [3.8, 4) is 0 Å². The first-order chi connectivity index (χ1) is 7.74. The normalized spacial score (nSPS) is 11.4. The van der Waals surface area contributed by atoms with Crippen LogP contribution >= 0.6 is 0 Å². The monoisotopic (exact) mass is 214 g/mol. The maximum absolute atomic E-state index is 6.80. The predicted octanol–water partition coefficient (Wildman–Crippen LogP) is 3.94. The van der Waals surface area contributed by atoms with E-state index in [1.165, 1.54) is 11.8 Å². The quantitative estimate of drug-likeness (QED) is 0.565. The molecule has 0 bridgehead atoms. The van der Waals surface area contributed by atoms with Gasteiger partial charge < -0.3 is 10.7 Å². The van der Waals surface area contributed by atoms with Crippen LogP contribution in [0.25, 0.3) is 0 Å². The zero-order valence-electron chi connectivity index (χ0n) is 9.77. The molecule has 0 aromatic heterocycles. The summed E-state index contributed by atoms with van der Waals surface area (Å²) in [6.45, 7) is 4.37. The van der Waals surface area contributed by atoms with E-state index >= 15 is 0 Å². The summed E-state index contributed by atoms with van der Waals surface area (Å²) in [6, 6.07) is 8.41. The lowest BCUT2D eigenvalue weighted by atomic mass is 10.0. The van der Waals surface area contributed by atoms with E-state index in [-0.39, 0.29) is 0 Å². The van der Waals surface area contributed by atoms with Crippen LogP contribution in [-0.4, -0.2) is 6.21 Å². The van der Waals surface area contributed by atoms with E-state index in [9.17, 15) is 0 Å². The second-order valence-electron chi connectivity index (χ2n) is 3.83. The molecule has 0 aliphatic rings. The fourth-order valence-electron chi connectivity index (χ4n) is 1.28. The molecule has 0 spiro atoms. The van der Waals surface area contributed by atoms with Crippen LogP contribution in [0.15, 0.2) is 48.7 Å². The summed E-state index contributed by atoms with van der Waals surface area (Å²) < 4.78 is 0. The van der Waals surface area contributed by atoms with Crippen LogP contribution in [0.2, 0.25) is 0 Å². The van der Waals surface area contributed by atoms with E-state index in [0.717, 1.165) is 5.69 Å². The lowest BCUT2D eigenvalue weighted by Gasteiger charge is -2.06. The van der Waals surface area contributed by atoms with Crippen LogP contribution in [0.1, 0.15) is 25.3 Å². The molecule has 1 rings (SSSR count). The number of rotatable bonds is 5. The zero-order valence-corrected chi connectivity index (χ0v) is 9.77. The molecule has 0 radical (unpaired) electrons. The van der Waals surface area contributed by atoms with Gasteiger partial charge in [-0.05, 0) is 35.8 Å². The Morgan fingerprint density at radius 3 is 2.31 bits per heavy atom. The fraction of sp³-hybridized carbons (Fsp3) is 0.214. The van der Waals surface area contributed by atoms with E-state index in [0.29, 0.717) is 5.92 Å². The first kappa shape index (κ1) is 12.2. The van der Waals surface area contributed by atoms with Crippen LogP contribution in [0.3, 0.4) is 0 Å². The molecule has 2 nitrogen and oxygen atoms in total. The Morgan fingerprint density at radius 2 is 1.75 bits per heavy atom. The molecule has 0 fully saturated rings. The molecule has 0 saturated heterocycles. The minimum atomic E-state index is 0.570. The summed E-state index contributed by atoms with van der Waals surface area (Å²) in [5.41, 5.74) is 2.42. The average molecular weight is 214 g/mol. The Morgan fingerprint density at radius 1 is 1.06 bits per heavy atom. The summed E-state index contributed by atoms with van der Waals surface area (Å²) >= 11 is 0. The van der Waals surface area contributed by atoms with Crippen molar-refractivity contribution in [2.45, 2.75) is 19.8 Å². The second-order valence-corrected chi connectivity index (χ2v) is 3.83. The van der Waals surface area contributed by atoms with E-state index in [2.05, 4.69) is 43.4 Å². The highest BCUT2D eigenvalue weighted by atomic mass is 14.8. The van der Waals surface area contributed by atoms with Crippen molar-refractivity contribution in [1.29, 1.82) is 5.41 Å². The molecular weight excluding hydrogens is 196 g/mol. The van der Waals surface area contributed by atoms with Gasteiger partial charge in [-0.2, -0.15) is 0 Å². The summed E-state index contributed by atoms with van der Waals surface area (Å²) in [5, 5.41) is 9.96. The first-order valence-electron chi connectivity index (χ1n) is 5.43. The van der Waals surface area contributed by atoms with Gasteiger partial charge in [-0.3, -0.25) is 0 Å². The number of benzene rings is 1. The van der Waals surface area contributed by atoms with Gasteiger partial charge in [-0.25, -0.2) is 0 Å². The summed E-state index contributed by atoms with van der Waals surface area (Å²) in [5.74, 6) is 0.570. The Kier molecular flexibility index (Phi) is 5.06. The number of hydrogen-bond donors (Lipinski definition) is 2. The van der Waals surface area contributed by atoms with Gasteiger partial charge in [0.15, 0.2) is 0 Å². The van der Waals surface area contributed by atoms with Gasteiger partial charge in [0.05, 0.1) is 0 Å². The summed E-state index contributed by atoms with van der Waals surface area (Å²) in [6.07, 6.45) is 8.44. The van der Waals surface area contributed by atoms with Gasteiger partial charge in [-0.1, -0.05) is 32.1 Å². The van der Waals surface area contributed by atoms with E-state index in [4.69, 9.17) is 5.41 Å². The molecule has 0 amide bonds. The average Bonchev–Trinajstić information content (AvgIpc) is 2.29. The smallest absolute Gasteiger partial charge is 0.0379 e. The standard InChI is InChI=1S/C14H18N2/c1-12(2)13-6-8-14(9-7-13)16-11-5-3-4-10-15/h3-12,15-16H,1-2H3/b4-3-,11-5+,15-10?. The van der Waals surface area contributed by atoms with Crippen molar-refractivity contribution >= 4 is 11.9 Å². The lowest BCUT2D eigenvalue weighted by molar-refractivity contribution is 0.867. The fourth-order valence-corrected chi connectivity index (χ4v) is 1.28.